The fourth-order valence-corrected chi connectivity index (χ4v) is 5.14. The molecule has 6 rings (SSSR count). The lowest BCUT2D eigenvalue weighted by molar-refractivity contribution is -0.926. The van der Waals surface area contributed by atoms with Gasteiger partial charge in [0.2, 0.25) is 0 Å². The summed E-state index contributed by atoms with van der Waals surface area (Å²) in [5.41, 5.74) is 5.22. The van der Waals surface area contributed by atoms with Crippen molar-refractivity contribution in [1.82, 2.24) is 15.0 Å². The predicted molar refractivity (Wildman–Crippen MR) is 129 cm³/mol. The number of aromatic amines is 1. The first kappa shape index (κ1) is 19.9. The lowest BCUT2D eigenvalue weighted by Crippen LogP contribution is -3.15. The minimum absolute atomic E-state index is 0.256. The number of benzene rings is 3. The highest BCUT2D eigenvalue weighted by Gasteiger charge is 2.31. The van der Waals surface area contributed by atoms with Gasteiger partial charge in [0.15, 0.2) is 5.82 Å². The summed E-state index contributed by atoms with van der Waals surface area (Å²) < 4.78 is 13.8. The SMILES string of the molecule is Fc1ccc2[nH]c3c(N4CC[NH+](C(c5ccccc5)c5ccccc5)CC4)ncnc3c2c1. The molecule has 6 heteroatoms. The number of nitrogens with one attached hydrogen (secondary N) is 2. The molecule has 0 bridgehead atoms. The molecular weight excluding hydrogens is 413 g/mol. The van der Waals surface area contributed by atoms with E-state index in [2.05, 4.69) is 80.5 Å². The van der Waals surface area contributed by atoms with Gasteiger partial charge in [-0.1, -0.05) is 60.7 Å². The van der Waals surface area contributed by atoms with Gasteiger partial charge in [-0.2, -0.15) is 0 Å². The van der Waals surface area contributed by atoms with Gasteiger partial charge >= 0.3 is 0 Å². The van der Waals surface area contributed by atoms with Crippen molar-refractivity contribution in [3.8, 4) is 0 Å². The summed E-state index contributed by atoms with van der Waals surface area (Å²) in [6.45, 7) is 3.77. The molecule has 0 aliphatic carbocycles. The molecule has 0 saturated carbocycles. The second kappa shape index (κ2) is 8.30. The number of fused-ring (bicyclic) bond motifs is 3. The van der Waals surface area contributed by atoms with Crippen molar-refractivity contribution < 1.29 is 9.29 Å². The molecule has 1 saturated heterocycles. The minimum Gasteiger partial charge on any atom is -0.350 e. The van der Waals surface area contributed by atoms with Gasteiger partial charge in [0.1, 0.15) is 29.2 Å². The van der Waals surface area contributed by atoms with Crippen molar-refractivity contribution in [2.24, 2.45) is 0 Å². The van der Waals surface area contributed by atoms with E-state index in [0.717, 1.165) is 53.9 Å². The van der Waals surface area contributed by atoms with Crippen molar-refractivity contribution in [3.05, 3.63) is 102 Å². The first-order valence-corrected chi connectivity index (χ1v) is 11.4. The number of hydrogen-bond acceptors (Lipinski definition) is 3. The van der Waals surface area contributed by atoms with Gasteiger partial charge in [-0.25, -0.2) is 14.4 Å². The largest absolute Gasteiger partial charge is 0.350 e. The minimum atomic E-state index is -0.256. The number of hydrogen-bond donors (Lipinski definition) is 2. The molecule has 164 valence electrons. The third kappa shape index (κ3) is 3.62. The van der Waals surface area contributed by atoms with Crippen LogP contribution in [0.2, 0.25) is 0 Å². The maximum atomic E-state index is 13.8. The molecular formula is C27H25FN5+. The Morgan fingerprint density at radius 3 is 2.18 bits per heavy atom. The van der Waals surface area contributed by atoms with E-state index in [0.29, 0.717) is 6.04 Å². The molecule has 1 aliphatic rings. The molecule has 5 nitrogen and oxygen atoms in total. The Morgan fingerprint density at radius 1 is 0.848 bits per heavy atom. The predicted octanol–water partition coefficient (Wildman–Crippen LogP) is 3.74. The van der Waals surface area contributed by atoms with E-state index in [-0.39, 0.29) is 5.82 Å². The molecule has 2 aromatic heterocycles. The highest BCUT2D eigenvalue weighted by Crippen LogP contribution is 2.30. The van der Waals surface area contributed by atoms with Gasteiger partial charge in [0.25, 0.3) is 0 Å². The fraction of sp³-hybridized carbons (Fsp3) is 0.185. The van der Waals surface area contributed by atoms with Crippen LogP contribution in [0, 0.1) is 5.82 Å². The van der Waals surface area contributed by atoms with E-state index < -0.39 is 0 Å². The highest BCUT2D eigenvalue weighted by atomic mass is 19.1. The van der Waals surface area contributed by atoms with E-state index in [1.807, 2.05) is 0 Å². The molecule has 33 heavy (non-hydrogen) atoms. The van der Waals surface area contributed by atoms with Crippen LogP contribution in [0.1, 0.15) is 17.2 Å². The smallest absolute Gasteiger partial charge is 0.156 e. The fourth-order valence-electron chi connectivity index (χ4n) is 5.14. The van der Waals surface area contributed by atoms with E-state index >= 15 is 0 Å². The van der Waals surface area contributed by atoms with Crippen LogP contribution < -0.4 is 9.80 Å². The van der Waals surface area contributed by atoms with Crippen LogP contribution >= 0.6 is 0 Å². The number of H-pyrrole nitrogens is 1. The van der Waals surface area contributed by atoms with Gasteiger partial charge in [-0.15, -0.1) is 0 Å². The summed E-state index contributed by atoms with van der Waals surface area (Å²) in [4.78, 5) is 16.4. The van der Waals surface area contributed by atoms with Crippen LogP contribution in [0.5, 0.6) is 0 Å². The van der Waals surface area contributed by atoms with Gasteiger partial charge in [-0.05, 0) is 18.2 Å². The van der Waals surface area contributed by atoms with Crippen molar-refractivity contribution in [1.29, 1.82) is 0 Å². The van der Waals surface area contributed by atoms with Crippen LogP contribution in [-0.2, 0) is 0 Å². The van der Waals surface area contributed by atoms with Crippen LogP contribution in [0.25, 0.3) is 21.9 Å². The summed E-state index contributed by atoms with van der Waals surface area (Å²) in [6.07, 6.45) is 1.59. The molecule has 3 heterocycles. The van der Waals surface area contributed by atoms with Crippen molar-refractivity contribution in [2.75, 3.05) is 31.1 Å². The molecule has 5 aromatic rings. The monoisotopic (exact) mass is 438 g/mol. The topological polar surface area (TPSA) is 49.2 Å². The first-order valence-electron chi connectivity index (χ1n) is 11.4. The second-order valence-electron chi connectivity index (χ2n) is 8.64. The highest BCUT2D eigenvalue weighted by molar-refractivity contribution is 6.08. The van der Waals surface area contributed by atoms with Gasteiger partial charge in [0.05, 0.1) is 26.2 Å². The summed E-state index contributed by atoms with van der Waals surface area (Å²) in [5, 5.41) is 0.797. The zero-order valence-electron chi connectivity index (χ0n) is 18.2. The lowest BCUT2D eigenvalue weighted by atomic mass is 9.96. The summed E-state index contributed by atoms with van der Waals surface area (Å²) >= 11 is 0. The van der Waals surface area contributed by atoms with E-state index in [9.17, 15) is 4.39 Å². The van der Waals surface area contributed by atoms with Gasteiger partial charge < -0.3 is 14.8 Å². The number of aromatic nitrogens is 3. The molecule has 3 aromatic carbocycles. The van der Waals surface area contributed by atoms with Crippen LogP contribution in [0.15, 0.2) is 85.2 Å². The molecule has 1 fully saturated rings. The Labute approximate surface area is 191 Å². The molecule has 1 aliphatic heterocycles. The third-order valence-electron chi connectivity index (χ3n) is 6.70. The average molecular weight is 439 g/mol. The average Bonchev–Trinajstić information content (AvgIpc) is 3.24. The number of piperazine rings is 1. The van der Waals surface area contributed by atoms with Crippen LogP contribution in [-0.4, -0.2) is 41.1 Å². The zero-order valence-corrected chi connectivity index (χ0v) is 18.2. The van der Waals surface area contributed by atoms with Crippen LogP contribution in [0.3, 0.4) is 0 Å². The second-order valence-corrected chi connectivity index (χ2v) is 8.64. The molecule has 0 atom stereocenters. The molecule has 0 spiro atoms. The standard InChI is InChI=1S/C27H24FN5/c28-21-11-12-23-22(17-21)24-25(31-23)27(30-18-29-24)33-15-13-32(14-16-33)26(19-7-3-1-4-8-19)20-9-5-2-6-10-20/h1-12,17-18,26,31H,13-16H2/p+1. The van der Waals surface area contributed by atoms with Crippen molar-refractivity contribution >= 4 is 27.8 Å². The Morgan fingerprint density at radius 2 is 1.52 bits per heavy atom. The molecule has 0 radical (unpaired) electrons. The first-order chi connectivity index (χ1) is 16.3. The Hall–Kier alpha value is -3.77. The summed E-state index contributed by atoms with van der Waals surface area (Å²) in [5.74, 6) is 0.639. The normalized spacial score (nSPS) is 15.0. The summed E-state index contributed by atoms with van der Waals surface area (Å²) in [7, 11) is 0. The zero-order chi connectivity index (χ0) is 22.2. The number of quaternary nitrogens is 1. The van der Waals surface area contributed by atoms with Gasteiger partial charge in [-0.3, -0.25) is 0 Å². The Kier molecular flexibility index (Phi) is 5.00. The maximum absolute atomic E-state index is 13.8. The van der Waals surface area contributed by atoms with Gasteiger partial charge in [0, 0.05) is 22.0 Å². The van der Waals surface area contributed by atoms with E-state index in [1.54, 1.807) is 17.3 Å². The van der Waals surface area contributed by atoms with Crippen LogP contribution in [0.4, 0.5) is 10.2 Å². The van der Waals surface area contributed by atoms with Crippen molar-refractivity contribution in [2.45, 2.75) is 6.04 Å². The molecule has 0 unspecified atom stereocenters. The maximum Gasteiger partial charge on any atom is 0.156 e. The lowest BCUT2D eigenvalue weighted by Gasteiger charge is -2.37. The number of rotatable bonds is 4. The van der Waals surface area contributed by atoms with E-state index in [1.165, 1.54) is 23.3 Å². The third-order valence-corrected chi connectivity index (χ3v) is 6.70. The molecule has 0 amide bonds. The van der Waals surface area contributed by atoms with Crippen molar-refractivity contribution in [3.63, 3.8) is 0 Å². The summed E-state index contributed by atoms with van der Waals surface area (Å²) in [6, 6.07) is 26.6. The Balaban J connectivity index is 1.30. The number of anilines is 1. The van der Waals surface area contributed by atoms with E-state index in [4.69, 9.17) is 0 Å². The number of nitrogens with zero attached hydrogens (tertiary/aromatic N) is 3. The Bertz CT molecular complexity index is 1350. The number of halogens is 1. The quantitative estimate of drug-likeness (QED) is 0.449. The molecule has 2 N–H and O–H groups in total.